The van der Waals surface area contributed by atoms with Crippen LogP contribution in [-0.2, 0) is 16.4 Å². The molecule has 0 atom stereocenters. The third-order valence-electron chi connectivity index (χ3n) is 5.94. The third kappa shape index (κ3) is 4.32. The molecule has 1 aliphatic carbocycles. The SMILES string of the molecule is O=C(NC1CCCCCC1)c1ccc2c(c1)CCCN2S(=O)(=O)c1ccccc1. The standard InChI is InChI=1S/C23H28N2O3S/c26-23(24-20-10-4-1-2-5-11-20)19-14-15-22-18(17-19)9-8-16-25(22)29(27,28)21-12-6-3-7-13-21/h3,6-7,12-15,17,20H,1-2,4-5,8-11,16H2,(H,24,26). The molecule has 1 N–H and O–H groups in total. The van der Waals surface area contributed by atoms with E-state index in [1.165, 1.54) is 30.0 Å². The van der Waals surface area contributed by atoms with Crippen LogP contribution in [0.2, 0.25) is 0 Å². The van der Waals surface area contributed by atoms with E-state index < -0.39 is 10.0 Å². The van der Waals surface area contributed by atoms with Gasteiger partial charge in [-0.05, 0) is 61.6 Å². The lowest BCUT2D eigenvalue weighted by atomic mass is 10.00. The van der Waals surface area contributed by atoms with Gasteiger partial charge in [-0.25, -0.2) is 8.42 Å². The Labute approximate surface area is 173 Å². The molecule has 0 spiro atoms. The maximum absolute atomic E-state index is 13.1. The molecule has 1 heterocycles. The van der Waals surface area contributed by atoms with Crippen LogP contribution in [0, 0.1) is 0 Å². The molecule has 1 saturated carbocycles. The number of carbonyl (C=O) groups is 1. The van der Waals surface area contributed by atoms with Gasteiger partial charge in [-0.15, -0.1) is 0 Å². The highest BCUT2D eigenvalue weighted by atomic mass is 32.2. The smallest absolute Gasteiger partial charge is 0.264 e. The number of carbonyl (C=O) groups excluding carboxylic acids is 1. The highest BCUT2D eigenvalue weighted by Gasteiger charge is 2.29. The fraction of sp³-hybridized carbons (Fsp3) is 0.435. The molecule has 6 heteroatoms. The van der Waals surface area contributed by atoms with E-state index in [0.717, 1.165) is 31.2 Å². The molecule has 0 aromatic heterocycles. The molecule has 1 aliphatic heterocycles. The van der Waals surface area contributed by atoms with Gasteiger partial charge in [-0.1, -0.05) is 43.9 Å². The first-order chi connectivity index (χ1) is 14.1. The van der Waals surface area contributed by atoms with E-state index >= 15 is 0 Å². The van der Waals surface area contributed by atoms with Crippen molar-refractivity contribution in [2.45, 2.75) is 62.3 Å². The van der Waals surface area contributed by atoms with Crippen LogP contribution in [0.4, 0.5) is 5.69 Å². The Morgan fingerprint density at radius 3 is 2.38 bits per heavy atom. The number of benzene rings is 2. The molecular formula is C23H28N2O3S. The summed E-state index contributed by atoms with van der Waals surface area (Å²) in [5.74, 6) is -0.0530. The predicted molar refractivity (Wildman–Crippen MR) is 115 cm³/mol. The van der Waals surface area contributed by atoms with Gasteiger partial charge in [0.1, 0.15) is 0 Å². The Morgan fingerprint density at radius 1 is 0.931 bits per heavy atom. The van der Waals surface area contributed by atoms with Crippen molar-refractivity contribution in [3.05, 3.63) is 59.7 Å². The summed E-state index contributed by atoms with van der Waals surface area (Å²) in [5.41, 5.74) is 2.22. The Morgan fingerprint density at radius 2 is 1.66 bits per heavy atom. The van der Waals surface area contributed by atoms with Crippen molar-refractivity contribution in [1.82, 2.24) is 5.32 Å². The fourth-order valence-corrected chi connectivity index (χ4v) is 5.93. The molecule has 4 rings (SSSR count). The van der Waals surface area contributed by atoms with E-state index in [2.05, 4.69) is 5.32 Å². The zero-order valence-corrected chi connectivity index (χ0v) is 17.5. The van der Waals surface area contributed by atoms with Crippen LogP contribution < -0.4 is 9.62 Å². The second kappa shape index (κ2) is 8.57. The second-order valence-electron chi connectivity index (χ2n) is 8.00. The molecule has 2 aromatic rings. The van der Waals surface area contributed by atoms with Crippen molar-refractivity contribution in [2.24, 2.45) is 0 Å². The lowest BCUT2D eigenvalue weighted by Crippen LogP contribution is -2.36. The minimum Gasteiger partial charge on any atom is -0.349 e. The number of aryl methyl sites for hydroxylation is 1. The van der Waals surface area contributed by atoms with Gasteiger partial charge in [0.2, 0.25) is 0 Å². The van der Waals surface area contributed by atoms with E-state index in [0.29, 0.717) is 22.7 Å². The van der Waals surface area contributed by atoms with Crippen LogP contribution >= 0.6 is 0 Å². The second-order valence-corrected chi connectivity index (χ2v) is 9.86. The minimum atomic E-state index is -3.60. The first-order valence-corrected chi connectivity index (χ1v) is 12.0. The molecule has 0 unspecified atom stereocenters. The molecule has 0 radical (unpaired) electrons. The molecule has 1 amide bonds. The van der Waals surface area contributed by atoms with Crippen LogP contribution in [0.1, 0.15) is 60.9 Å². The molecule has 1 fully saturated rings. The van der Waals surface area contributed by atoms with Gasteiger partial charge in [-0.3, -0.25) is 9.10 Å². The summed E-state index contributed by atoms with van der Waals surface area (Å²) < 4.78 is 27.7. The van der Waals surface area contributed by atoms with E-state index in [1.807, 2.05) is 12.1 Å². The van der Waals surface area contributed by atoms with E-state index in [9.17, 15) is 13.2 Å². The van der Waals surface area contributed by atoms with E-state index in [1.54, 1.807) is 36.4 Å². The van der Waals surface area contributed by atoms with Gasteiger partial charge in [0, 0.05) is 18.2 Å². The summed E-state index contributed by atoms with van der Waals surface area (Å²) >= 11 is 0. The number of anilines is 1. The molecule has 0 saturated heterocycles. The minimum absolute atomic E-state index is 0.0530. The van der Waals surface area contributed by atoms with Crippen molar-refractivity contribution >= 4 is 21.6 Å². The first-order valence-electron chi connectivity index (χ1n) is 10.6. The Hall–Kier alpha value is -2.34. The number of nitrogens with one attached hydrogen (secondary N) is 1. The number of nitrogens with zero attached hydrogens (tertiary/aromatic N) is 1. The molecular weight excluding hydrogens is 384 g/mol. The van der Waals surface area contributed by atoms with Crippen LogP contribution in [0.25, 0.3) is 0 Å². The van der Waals surface area contributed by atoms with Crippen molar-refractivity contribution < 1.29 is 13.2 Å². The normalized spacial score (nSPS) is 18.0. The van der Waals surface area contributed by atoms with E-state index in [4.69, 9.17) is 0 Å². The van der Waals surface area contributed by atoms with Crippen molar-refractivity contribution in [2.75, 3.05) is 10.8 Å². The average Bonchev–Trinajstić information content (AvgIpc) is 3.02. The summed E-state index contributed by atoms with van der Waals surface area (Å²) in [5, 5.41) is 3.18. The highest BCUT2D eigenvalue weighted by Crippen LogP contribution is 2.32. The van der Waals surface area contributed by atoms with Gasteiger partial charge < -0.3 is 5.32 Å². The van der Waals surface area contributed by atoms with Crippen LogP contribution in [0.15, 0.2) is 53.4 Å². The number of sulfonamides is 1. The largest absolute Gasteiger partial charge is 0.349 e. The Bertz CT molecular complexity index is 965. The topological polar surface area (TPSA) is 66.5 Å². The van der Waals surface area contributed by atoms with E-state index in [-0.39, 0.29) is 11.9 Å². The lowest BCUT2D eigenvalue weighted by molar-refractivity contribution is 0.0933. The quantitative estimate of drug-likeness (QED) is 0.762. The van der Waals surface area contributed by atoms with Gasteiger partial charge >= 0.3 is 0 Å². The fourth-order valence-electron chi connectivity index (χ4n) is 4.37. The number of hydrogen-bond donors (Lipinski definition) is 1. The molecule has 29 heavy (non-hydrogen) atoms. The Kier molecular flexibility index (Phi) is 5.90. The highest BCUT2D eigenvalue weighted by molar-refractivity contribution is 7.92. The zero-order chi connectivity index (χ0) is 20.3. The number of amides is 1. The van der Waals surface area contributed by atoms with Crippen LogP contribution in [0.5, 0.6) is 0 Å². The van der Waals surface area contributed by atoms with Crippen molar-refractivity contribution in [3.8, 4) is 0 Å². The molecule has 2 aliphatic rings. The molecule has 0 bridgehead atoms. The third-order valence-corrected chi connectivity index (χ3v) is 7.77. The summed E-state index contributed by atoms with van der Waals surface area (Å²) in [6.07, 6.45) is 8.43. The van der Waals surface area contributed by atoms with Gasteiger partial charge in [0.05, 0.1) is 10.6 Å². The first kappa shape index (κ1) is 20.0. The molecule has 5 nitrogen and oxygen atoms in total. The zero-order valence-electron chi connectivity index (χ0n) is 16.6. The van der Waals surface area contributed by atoms with Crippen LogP contribution in [0.3, 0.4) is 0 Å². The Balaban J connectivity index is 1.56. The maximum Gasteiger partial charge on any atom is 0.264 e. The molecule has 2 aromatic carbocycles. The summed E-state index contributed by atoms with van der Waals surface area (Å²) in [6, 6.07) is 14.2. The summed E-state index contributed by atoms with van der Waals surface area (Å²) in [7, 11) is -3.60. The van der Waals surface area contributed by atoms with Gasteiger partial charge in [-0.2, -0.15) is 0 Å². The van der Waals surface area contributed by atoms with Crippen molar-refractivity contribution in [3.63, 3.8) is 0 Å². The lowest BCUT2D eigenvalue weighted by Gasteiger charge is -2.31. The number of hydrogen-bond acceptors (Lipinski definition) is 3. The van der Waals surface area contributed by atoms with Gasteiger partial charge in [0.25, 0.3) is 15.9 Å². The van der Waals surface area contributed by atoms with Crippen LogP contribution in [-0.4, -0.2) is 26.9 Å². The summed E-state index contributed by atoms with van der Waals surface area (Å²) in [6.45, 7) is 0.456. The summed E-state index contributed by atoms with van der Waals surface area (Å²) in [4.78, 5) is 13.1. The number of rotatable bonds is 4. The maximum atomic E-state index is 13.1. The van der Waals surface area contributed by atoms with Crippen molar-refractivity contribution in [1.29, 1.82) is 0 Å². The van der Waals surface area contributed by atoms with Gasteiger partial charge in [0.15, 0.2) is 0 Å². The average molecular weight is 413 g/mol. The monoisotopic (exact) mass is 412 g/mol. The number of fused-ring (bicyclic) bond motifs is 1. The molecule has 154 valence electrons. The predicted octanol–water partition coefficient (Wildman–Crippen LogP) is 4.28.